The molecule has 1 unspecified atom stereocenters. The van der Waals surface area contributed by atoms with Gasteiger partial charge in [0.1, 0.15) is 17.4 Å². The van der Waals surface area contributed by atoms with E-state index in [1.165, 1.54) is 5.56 Å². The number of hydrogen-bond donors (Lipinski definition) is 1. The first kappa shape index (κ1) is 9.99. The molecule has 1 aromatic heterocycles. The van der Waals surface area contributed by atoms with Crippen molar-refractivity contribution in [1.29, 1.82) is 0 Å². The number of aliphatic hydroxyl groups is 1. The third kappa shape index (κ3) is 1.95. The quantitative estimate of drug-likeness (QED) is 0.774. The third-order valence-corrected chi connectivity index (χ3v) is 2.41. The van der Waals surface area contributed by atoms with Crippen LogP contribution in [0.5, 0.6) is 0 Å². The number of rotatable bonds is 3. The van der Waals surface area contributed by atoms with E-state index in [-0.39, 0.29) is 0 Å². The summed E-state index contributed by atoms with van der Waals surface area (Å²) in [6.45, 7) is 5.63. The van der Waals surface area contributed by atoms with E-state index >= 15 is 0 Å². The lowest BCUT2D eigenvalue weighted by Crippen LogP contribution is -1.91. The van der Waals surface area contributed by atoms with Crippen LogP contribution >= 0.6 is 0 Å². The Morgan fingerprint density at radius 2 is 2.27 bits per heavy atom. The molecule has 0 aliphatic carbocycles. The van der Waals surface area contributed by atoms with Crippen LogP contribution in [0.15, 0.2) is 41.3 Å². The Kier molecular flexibility index (Phi) is 2.60. The molecule has 78 valence electrons. The minimum Gasteiger partial charge on any atom is -0.458 e. The predicted molar refractivity (Wildman–Crippen MR) is 60.7 cm³/mol. The maximum absolute atomic E-state index is 9.73. The van der Waals surface area contributed by atoms with Crippen molar-refractivity contribution in [3.05, 3.63) is 48.2 Å². The van der Waals surface area contributed by atoms with Crippen molar-refractivity contribution in [3.63, 3.8) is 0 Å². The van der Waals surface area contributed by atoms with Crippen LogP contribution < -0.4 is 0 Å². The van der Waals surface area contributed by atoms with Crippen LogP contribution in [0.25, 0.3) is 11.0 Å². The van der Waals surface area contributed by atoms with Gasteiger partial charge in [0.2, 0.25) is 0 Å². The van der Waals surface area contributed by atoms with Crippen molar-refractivity contribution < 1.29 is 9.52 Å². The van der Waals surface area contributed by atoms with E-state index in [4.69, 9.17) is 4.42 Å². The minimum atomic E-state index is -0.588. The fraction of sp³-hybridized carbons (Fsp3) is 0.231. The summed E-state index contributed by atoms with van der Waals surface area (Å²) in [4.78, 5) is 0. The Morgan fingerprint density at radius 3 is 3.00 bits per heavy atom. The molecule has 0 bridgehead atoms. The number of furan rings is 1. The second kappa shape index (κ2) is 3.91. The molecule has 0 radical (unpaired) electrons. The predicted octanol–water partition coefficient (Wildman–Crippen LogP) is 3.35. The lowest BCUT2D eigenvalue weighted by atomic mass is 10.1. The van der Waals surface area contributed by atoms with E-state index in [0.717, 1.165) is 11.0 Å². The van der Waals surface area contributed by atoms with Gasteiger partial charge in [0.15, 0.2) is 0 Å². The molecule has 0 amide bonds. The summed E-state index contributed by atoms with van der Waals surface area (Å²) in [5.74, 6) is 0.607. The highest BCUT2D eigenvalue weighted by Crippen LogP contribution is 2.26. The van der Waals surface area contributed by atoms with Crippen LogP contribution in [-0.2, 0) is 0 Å². The van der Waals surface area contributed by atoms with Crippen molar-refractivity contribution in [2.75, 3.05) is 0 Å². The SMILES string of the molecule is C=CCC(O)c1cc2cc(C)ccc2o1. The molecule has 0 aliphatic rings. The maximum Gasteiger partial charge on any atom is 0.134 e. The van der Waals surface area contributed by atoms with Gasteiger partial charge in [0.05, 0.1) is 0 Å². The van der Waals surface area contributed by atoms with Gasteiger partial charge >= 0.3 is 0 Å². The molecule has 1 N–H and O–H groups in total. The van der Waals surface area contributed by atoms with Crippen molar-refractivity contribution in [2.45, 2.75) is 19.4 Å². The number of fused-ring (bicyclic) bond motifs is 1. The zero-order chi connectivity index (χ0) is 10.8. The van der Waals surface area contributed by atoms with Gasteiger partial charge in [-0.15, -0.1) is 6.58 Å². The lowest BCUT2D eigenvalue weighted by Gasteiger charge is -2.01. The molecule has 2 nitrogen and oxygen atoms in total. The molecule has 2 aromatic rings. The van der Waals surface area contributed by atoms with Crippen molar-refractivity contribution in [1.82, 2.24) is 0 Å². The second-order valence-corrected chi connectivity index (χ2v) is 3.73. The van der Waals surface area contributed by atoms with Crippen LogP contribution in [0, 0.1) is 6.92 Å². The van der Waals surface area contributed by atoms with Gasteiger partial charge in [-0.05, 0) is 31.5 Å². The normalized spacial score (nSPS) is 12.9. The van der Waals surface area contributed by atoms with Gasteiger partial charge in [0, 0.05) is 5.39 Å². The Labute approximate surface area is 88.8 Å². The zero-order valence-electron chi connectivity index (χ0n) is 8.73. The maximum atomic E-state index is 9.73. The van der Waals surface area contributed by atoms with E-state index in [1.54, 1.807) is 6.08 Å². The molecular weight excluding hydrogens is 188 g/mol. The number of aryl methyl sites for hydroxylation is 1. The highest BCUT2D eigenvalue weighted by Gasteiger charge is 2.11. The van der Waals surface area contributed by atoms with Gasteiger partial charge < -0.3 is 9.52 Å². The Bertz CT molecular complexity index is 482. The molecule has 0 fully saturated rings. The summed E-state index contributed by atoms with van der Waals surface area (Å²) < 4.78 is 5.54. The highest BCUT2D eigenvalue weighted by molar-refractivity contribution is 5.78. The van der Waals surface area contributed by atoms with Crippen LogP contribution in [0.3, 0.4) is 0 Å². The largest absolute Gasteiger partial charge is 0.458 e. The van der Waals surface area contributed by atoms with Crippen LogP contribution in [0.1, 0.15) is 23.8 Å². The number of aliphatic hydroxyl groups excluding tert-OH is 1. The van der Waals surface area contributed by atoms with Gasteiger partial charge in [-0.1, -0.05) is 17.7 Å². The second-order valence-electron chi connectivity index (χ2n) is 3.73. The van der Waals surface area contributed by atoms with E-state index in [2.05, 4.69) is 6.58 Å². The first-order valence-electron chi connectivity index (χ1n) is 5.00. The average Bonchev–Trinajstić information content (AvgIpc) is 2.60. The van der Waals surface area contributed by atoms with Crippen LogP contribution in [0.2, 0.25) is 0 Å². The summed E-state index contributed by atoms with van der Waals surface area (Å²) >= 11 is 0. The summed E-state index contributed by atoms with van der Waals surface area (Å²) in [5.41, 5.74) is 2.01. The first-order chi connectivity index (χ1) is 7.20. The Hall–Kier alpha value is -1.54. The van der Waals surface area contributed by atoms with Crippen molar-refractivity contribution in [2.24, 2.45) is 0 Å². The van der Waals surface area contributed by atoms with E-state index in [1.807, 2.05) is 31.2 Å². The van der Waals surface area contributed by atoms with Gasteiger partial charge in [-0.25, -0.2) is 0 Å². The summed E-state index contributed by atoms with van der Waals surface area (Å²) in [5, 5.41) is 10.8. The third-order valence-electron chi connectivity index (χ3n) is 2.41. The standard InChI is InChI=1S/C13H14O2/c1-3-4-11(14)13-8-10-7-9(2)5-6-12(10)15-13/h3,5-8,11,14H,1,4H2,2H3. The molecule has 1 heterocycles. The molecule has 2 rings (SSSR count). The fourth-order valence-corrected chi connectivity index (χ4v) is 1.62. The topological polar surface area (TPSA) is 33.4 Å². The smallest absolute Gasteiger partial charge is 0.134 e. The Balaban J connectivity index is 2.42. The molecule has 0 aliphatic heterocycles. The van der Waals surface area contributed by atoms with Crippen molar-refractivity contribution in [3.8, 4) is 0 Å². The average molecular weight is 202 g/mol. The number of hydrogen-bond acceptors (Lipinski definition) is 2. The van der Waals surface area contributed by atoms with E-state index < -0.39 is 6.10 Å². The van der Waals surface area contributed by atoms with Gasteiger partial charge in [-0.2, -0.15) is 0 Å². The molecular formula is C13H14O2. The van der Waals surface area contributed by atoms with Crippen molar-refractivity contribution >= 4 is 11.0 Å². The molecule has 0 spiro atoms. The van der Waals surface area contributed by atoms with Gasteiger partial charge in [0.25, 0.3) is 0 Å². The molecule has 2 heteroatoms. The zero-order valence-corrected chi connectivity index (χ0v) is 8.73. The first-order valence-corrected chi connectivity index (χ1v) is 5.00. The fourth-order valence-electron chi connectivity index (χ4n) is 1.62. The highest BCUT2D eigenvalue weighted by atomic mass is 16.4. The van der Waals surface area contributed by atoms with E-state index in [0.29, 0.717) is 12.2 Å². The Morgan fingerprint density at radius 1 is 1.47 bits per heavy atom. The molecule has 1 atom stereocenters. The van der Waals surface area contributed by atoms with Crippen LogP contribution in [-0.4, -0.2) is 5.11 Å². The minimum absolute atomic E-state index is 0.513. The van der Waals surface area contributed by atoms with E-state index in [9.17, 15) is 5.11 Å². The van der Waals surface area contributed by atoms with Gasteiger partial charge in [-0.3, -0.25) is 0 Å². The molecule has 15 heavy (non-hydrogen) atoms. The summed E-state index contributed by atoms with van der Waals surface area (Å²) in [6, 6.07) is 7.85. The number of benzene rings is 1. The summed E-state index contributed by atoms with van der Waals surface area (Å²) in [6.07, 6.45) is 1.61. The monoisotopic (exact) mass is 202 g/mol. The summed E-state index contributed by atoms with van der Waals surface area (Å²) in [7, 11) is 0. The molecule has 1 aromatic carbocycles. The van der Waals surface area contributed by atoms with Crippen LogP contribution in [0.4, 0.5) is 0 Å². The molecule has 0 saturated heterocycles. The molecule has 0 saturated carbocycles. The lowest BCUT2D eigenvalue weighted by molar-refractivity contribution is 0.155.